The highest BCUT2D eigenvalue weighted by atomic mass is 16.5. The molecule has 2 fully saturated rings. The monoisotopic (exact) mass is 223 g/mol. The van der Waals surface area contributed by atoms with Crippen molar-refractivity contribution in [2.45, 2.75) is 56.7 Å². The summed E-state index contributed by atoms with van der Waals surface area (Å²) in [6.07, 6.45) is 9.17. The largest absolute Gasteiger partial charge is 0.393 e. The first kappa shape index (κ1) is 10.8. The highest BCUT2D eigenvalue weighted by Gasteiger charge is 2.39. The van der Waals surface area contributed by atoms with Crippen LogP contribution in [0, 0.1) is 0 Å². The molecule has 3 rings (SSSR count). The van der Waals surface area contributed by atoms with E-state index in [1.807, 2.05) is 0 Å². The van der Waals surface area contributed by atoms with Crippen molar-refractivity contribution in [1.82, 2.24) is 4.90 Å². The summed E-state index contributed by atoms with van der Waals surface area (Å²) in [5, 5.41) is 9.95. The lowest BCUT2D eigenvalue weighted by Gasteiger charge is -2.40. The van der Waals surface area contributed by atoms with Crippen molar-refractivity contribution < 1.29 is 9.84 Å². The highest BCUT2D eigenvalue weighted by Crippen LogP contribution is 2.34. The molecule has 90 valence electrons. The van der Waals surface area contributed by atoms with Crippen LogP contribution in [0.2, 0.25) is 0 Å². The summed E-state index contributed by atoms with van der Waals surface area (Å²) in [5.74, 6) is 0. The number of ether oxygens (including phenoxy) is 1. The summed E-state index contributed by atoms with van der Waals surface area (Å²) < 4.78 is 5.55. The molecular weight excluding hydrogens is 202 g/mol. The first-order valence-corrected chi connectivity index (χ1v) is 6.55. The van der Waals surface area contributed by atoms with Crippen LogP contribution in [0.4, 0.5) is 0 Å². The molecule has 2 heterocycles. The Hall–Kier alpha value is -0.380. The van der Waals surface area contributed by atoms with Crippen LogP contribution >= 0.6 is 0 Å². The molecule has 0 radical (unpaired) electrons. The summed E-state index contributed by atoms with van der Waals surface area (Å²) in [6.45, 7) is 1.57. The molecule has 3 heteroatoms. The number of rotatable bonds is 1. The Morgan fingerprint density at radius 3 is 3.06 bits per heavy atom. The normalized spacial score (nSPS) is 40.6. The van der Waals surface area contributed by atoms with Crippen molar-refractivity contribution in [1.29, 1.82) is 0 Å². The van der Waals surface area contributed by atoms with Gasteiger partial charge in [0.1, 0.15) is 0 Å². The van der Waals surface area contributed by atoms with Crippen LogP contribution < -0.4 is 0 Å². The van der Waals surface area contributed by atoms with Crippen molar-refractivity contribution in [2.75, 3.05) is 13.3 Å². The molecule has 0 amide bonds. The van der Waals surface area contributed by atoms with Crippen LogP contribution in [0.25, 0.3) is 0 Å². The Bertz CT molecular complexity index is 290. The molecule has 3 nitrogen and oxygen atoms in total. The fraction of sp³-hybridized carbons (Fsp3) is 0.846. The van der Waals surface area contributed by atoms with Gasteiger partial charge < -0.3 is 9.84 Å². The third-order valence-corrected chi connectivity index (χ3v) is 4.21. The summed E-state index contributed by atoms with van der Waals surface area (Å²) in [4.78, 5) is 2.46. The van der Waals surface area contributed by atoms with Gasteiger partial charge in [0.15, 0.2) is 0 Å². The molecule has 3 atom stereocenters. The van der Waals surface area contributed by atoms with E-state index in [1.165, 1.54) is 25.7 Å². The maximum absolute atomic E-state index is 9.95. The van der Waals surface area contributed by atoms with Crippen molar-refractivity contribution in [3.05, 3.63) is 11.6 Å². The van der Waals surface area contributed by atoms with E-state index in [1.54, 1.807) is 5.57 Å². The highest BCUT2D eigenvalue weighted by molar-refractivity contribution is 5.16. The van der Waals surface area contributed by atoms with Crippen LogP contribution in [0.5, 0.6) is 0 Å². The van der Waals surface area contributed by atoms with Gasteiger partial charge in [-0.2, -0.15) is 0 Å². The molecule has 0 spiro atoms. The molecule has 0 bridgehead atoms. The lowest BCUT2D eigenvalue weighted by molar-refractivity contribution is 0.0274. The standard InChI is InChI=1S/C13H21NO2/c15-12-6-11-8-16-9-14(11)13(7-12)10-4-2-1-3-5-10/h4,11-13,15H,1-3,5-9H2/t11-,12-,13+/m0/s1. The van der Waals surface area contributed by atoms with Crippen molar-refractivity contribution in [2.24, 2.45) is 0 Å². The fourth-order valence-corrected chi connectivity index (χ4v) is 3.38. The molecule has 2 saturated heterocycles. The second-order valence-corrected chi connectivity index (χ2v) is 5.33. The maximum atomic E-state index is 9.95. The van der Waals surface area contributed by atoms with E-state index in [0.29, 0.717) is 12.1 Å². The van der Waals surface area contributed by atoms with E-state index in [2.05, 4.69) is 11.0 Å². The topological polar surface area (TPSA) is 32.7 Å². The Labute approximate surface area is 97.1 Å². The van der Waals surface area contributed by atoms with Gasteiger partial charge in [0.2, 0.25) is 0 Å². The number of fused-ring (bicyclic) bond motifs is 1. The van der Waals surface area contributed by atoms with Gasteiger partial charge in [0, 0.05) is 12.1 Å². The number of nitrogens with zero attached hydrogens (tertiary/aromatic N) is 1. The molecular formula is C13H21NO2. The van der Waals surface area contributed by atoms with E-state index in [4.69, 9.17) is 4.74 Å². The zero-order valence-electron chi connectivity index (χ0n) is 9.77. The third-order valence-electron chi connectivity index (χ3n) is 4.21. The molecule has 16 heavy (non-hydrogen) atoms. The van der Waals surface area contributed by atoms with Crippen molar-refractivity contribution in [3.8, 4) is 0 Å². The van der Waals surface area contributed by atoms with E-state index >= 15 is 0 Å². The van der Waals surface area contributed by atoms with E-state index in [9.17, 15) is 5.11 Å². The molecule has 3 aliphatic rings. The van der Waals surface area contributed by atoms with Crippen molar-refractivity contribution in [3.63, 3.8) is 0 Å². The summed E-state index contributed by atoms with van der Waals surface area (Å²) in [5.41, 5.74) is 1.56. The minimum Gasteiger partial charge on any atom is -0.393 e. The smallest absolute Gasteiger partial charge is 0.0999 e. The molecule has 0 unspecified atom stereocenters. The summed E-state index contributed by atoms with van der Waals surface area (Å²) in [7, 11) is 0. The van der Waals surface area contributed by atoms with Crippen LogP contribution in [-0.2, 0) is 4.74 Å². The maximum Gasteiger partial charge on any atom is 0.0999 e. The van der Waals surface area contributed by atoms with Gasteiger partial charge in [-0.3, -0.25) is 4.90 Å². The molecule has 0 aromatic carbocycles. The Kier molecular flexibility index (Phi) is 3.01. The van der Waals surface area contributed by atoms with E-state index < -0.39 is 0 Å². The van der Waals surface area contributed by atoms with Gasteiger partial charge in [0.05, 0.1) is 19.4 Å². The average Bonchev–Trinajstić information content (AvgIpc) is 2.77. The molecule has 0 aromatic heterocycles. The molecule has 1 N–H and O–H groups in total. The lowest BCUT2D eigenvalue weighted by atomic mass is 9.85. The van der Waals surface area contributed by atoms with E-state index in [0.717, 1.165) is 26.2 Å². The van der Waals surface area contributed by atoms with E-state index in [-0.39, 0.29) is 6.10 Å². The quantitative estimate of drug-likeness (QED) is 0.686. The lowest BCUT2D eigenvalue weighted by Crippen LogP contribution is -2.49. The van der Waals surface area contributed by atoms with Gasteiger partial charge in [0.25, 0.3) is 0 Å². The van der Waals surface area contributed by atoms with Crippen LogP contribution in [0.3, 0.4) is 0 Å². The van der Waals surface area contributed by atoms with Gasteiger partial charge in [-0.05, 0) is 38.5 Å². The number of aliphatic hydroxyl groups excluding tert-OH is 1. The second kappa shape index (κ2) is 4.47. The predicted molar refractivity (Wildman–Crippen MR) is 62.0 cm³/mol. The second-order valence-electron chi connectivity index (χ2n) is 5.33. The average molecular weight is 223 g/mol. The molecule has 2 aliphatic heterocycles. The number of hydrogen-bond acceptors (Lipinski definition) is 3. The Balaban J connectivity index is 1.78. The minimum absolute atomic E-state index is 0.129. The van der Waals surface area contributed by atoms with Crippen molar-refractivity contribution >= 4 is 0 Å². The van der Waals surface area contributed by atoms with Gasteiger partial charge >= 0.3 is 0 Å². The number of allylic oxidation sites excluding steroid dienone is 1. The Morgan fingerprint density at radius 1 is 1.31 bits per heavy atom. The first-order valence-electron chi connectivity index (χ1n) is 6.55. The number of piperidine rings is 1. The zero-order valence-corrected chi connectivity index (χ0v) is 9.77. The molecule has 0 aromatic rings. The first-order chi connectivity index (χ1) is 7.84. The Morgan fingerprint density at radius 2 is 2.25 bits per heavy atom. The van der Waals surface area contributed by atoms with Gasteiger partial charge in [-0.25, -0.2) is 0 Å². The van der Waals surface area contributed by atoms with Crippen LogP contribution in [-0.4, -0.2) is 41.5 Å². The molecule has 0 saturated carbocycles. The summed E-state index contributed by atoms with van der Waals surface area (Å²) >= 11 is 0. The van der Waals surface area contributed by atoms with Gasteiger partial charge in [-0.15, -0.1) is 0 Å². The third kappa shape index (κ3) is 1.92. The molecule has 1 aliphatic carbocycles. The number of aliphatic hydroxyl groups is 1. The van der Waals surface area contributed by atoms with Crippen LogP contribution in [0.15, 0.2) is 11.6 Å². The summed E-state index contributed by atoms with van der Waals surface area (Å²) in [6, 6.07) is 0.910. The number of hydrogen-bond donors (Lipinski definition) is 1. The fourth-order valence-electron chi connectivity index (χ4n) is 3.38. The zero-order chi connectivity index (χ0) is 11.0. The predicted octanol–water partition coefficient (Wildman–Crippen LogP) is 1.67. The minimum atomic E-state index is -0.129. The van der Waals surface area contributed by atoms with Gasteiger partial charge in [-0.1, -0.05) is 11.6 Å². The van der Waals surface area contributed by atoms with Crippen LogP contribution in [0.1, 0.15) is 38.5 Å². The SMILES string of the molecule is O[C@H]1C[C@H]2COCN2[C@@H](C2=CCCCC2)C1.